The van der Waals surface area contributed by atoms with Gasteiger partial charge in [-0.25, -0.2) is 0 Å². The third kappa shape index (κ3) is 1.38. The quantitative estimate of drug-likeness (QED) is 0.710. The number of aromatic nitrogens is 1. The summed E-state index contributed by atoms with van der Waals surface area (Å²) in [4.78, 5) is 5.45. The van der Waals surface area contributed by atoms with Gasteiger partial charge in [-0.3, -0.25) is 4.98 Å². The van der Waals surface area contributed by atoms with E-state index in [0.717, 1.165) is 15.9 Å². The summed E-state index contributed by atoms with van der Waals surface area (Å²) in [6, 6.07) is 3.88. The van der Waals surface area contributed by atoms with E-state index in [1.807, 2.05) is 6.07 Å². The Morgan fingerprint density at radius 3 is 2.92 bits per heavy atom. The standard InChI is InChI=1S/C8H8N2S.ClH/c1-5-4-7-8(11-5)6(9)2-3-10-7;/h2-4H,1H3,(H2,9,10);1H. The molecule has 0 radical (unpaired) electrons. The van der Waals surface area contributed by atoms with Crippen LogP contribution < -0.4 is 5.73 Å². The number of rotatable bonds is 0. The van der Waals surface area contributed by atoms with E-state index in [4.69, 9.17) is 5.73 Å². The molecule has 0 saturated heterocycles. The van der Waals surface area contributed by atoms with Crippen LogP contribution in [-0.4, -0.2) is 4.98 Å². The Bertz CT molecular complexity index is 397. The van der Waals surface area contributed by atoms with Crippen LogP contribution in [0, 0.1) is 6.92 Å². The molecular weight excluding hydrogens is 192 g/mol. The highest BCUT2D eigenvalue weighted by Crippen LogP contribution is 2.27. The normalized spacial score (nSPS) is 9.75. The average Bonchev–Trinajstić information content (AvgIpc) is 2.31. The van der Waals surface area contributed by atoms with Gasteiger partial charge in [0, 0.05) is 11.1 Å². The van der Waals surface area contributed by atoms with Gasteiger partial charge in [-0.1, -0.05) is 0 Å². The van der Waals surface area contributed by atoms with E-state index in [0.29, 0.717) is 0 Å². The first-order chi connectivity index (χ1) is 5.27. The van der Waals surface area contributed by atoms with Crippen LogP contribution in [0.15, 0.2) is 18.3 Å². The topological polar surface area (TPSA) is 38.9 Å². The fraction of sp³-hybridized carbons (Fsp3) is 0.125. The lowest BCUT2D eigenvalue weighted by atomic mass is 10.3. The van der Waals surface area contributed by atoms with Crippen LogP contribution >= 0.6 is 23.7 Å². The lowest BCUT2D eigenvalue weighted by molar-refractivity contribution is 1.42. The number of pyridine rings is 1. The van der Waals surface area contributed by atoms with E-state index < -0.39 is 0 Å². The molecule has 0 saturated carbocycles. The zero-order valence-corrected chi connectivity index (χ0v) is 8.21. The van der Waals surface area contributed by atoms with Gasteiger partial charge in [0.05, 0.1) is 15.9 Å². The summed E-state index contributed by atoms with van der Waals surface area (Å²) in [6.07, 6.45) is 1.74. The van der Waals surface area contributed by atoms with Gasteiger partial charge in [-0.15, -0.1) is 23.7 Å². The maximum absolute atomic E-state index is 5.74. The first-order valence-electron chi connectivity index (χ1n) is 3.38. The number of nitrogens with two attached hydrogens (primary N) is 1. The van der Waals surface area contributed by atoms with Crippen molar-refractivity contribution in [3.05, 3.63) is 23.2 Å². The highest BCUT2D eigenvalue weighted by molar-refractivity contribution is 7.19. The van der Waals surface area contributed by atoms with Crippen molar-refractivity contribution in [3.63, 3.8) is 0 Å². The number of fused-ring (bicyclic) bond motifs is 1. The summed E-state index contributed by atoms with van der Waals surface area (Å²) in [5, 5.41) is 0. The molecule has 0 amide bonds. The van der Waals surface area contributed by atoms with Crippen LogP contribution in [0.2, 0.25) is 0 Å². The van der Waals surface area contributed by atoms with Crippen LogP contribution in [0.5, 0.6) is 0 Å². The van der Waals surface area contributed by atoms with E-state index >= 15 is 0 Å². The SMILES string of the molecule is Cc1cc2nccc(N)c2s1.Cl. The molecular formula is C8H9ClN2S. The van der Waals surface area contributed by atoms with Gasteiger partial charge < -0.3 is 5.73 Å². The molecule has 64 valence electrons. The number of thiophene rings is 1. The Morgan fingerprint density at radius 1 is 1.50 bits per heavy atom. The monoisotopic (exact) mass is 200 g/mol. The minimum atomic E-state index is 0. The second-order valence-electron chi connectivity index (χ2n) is 2.47. The van der Waals surface area contributed by atoms with Crippen molar-refractivity contribution in [2.45, 2.75) is 6.92 Å². The van der Waals surface area contributed by atoms with E-state index in [-0.39, 0.29) is 12.4 Å². The molecule has 2 N–H and O–H groups in total. The number of anilines is 1. The Balaban J connectivity index is 0.000000720. The molecule has 2 aromatic rings. The van der Waals surface area contributed by atoms with Crippen LogP contribution in [0.3, 0.4) is 0 Å². The summed E-state index contributed by atoms with van der Waals surface area (Å²) in [6.45, 7) is 2.06. The summed E-state index contributed by atoms with van der Waals surface area (Å²) in [5.74, 6) is 0. The molecule has 0 unspecified atom stereocenters. The fourth-order valence-electron chi connectivity index (χ4n) is 1.08. The number of nitrogens with zero attached hydrogens (tertiary/aromatic N) is 1. The van der Waals surface area contributed by atoms with Gasteiger partial charge >= 0.3 is 0 Å². The van der Waals surface area contributed by atoms with Gasteiger partial charge in [-0.2, -0.15) is 0 Å². The Hall–Kier alpha value is -0.800. The maximum Gasteiger partial charge on any atom is 0.0833 e. The molecule has 4 heteroatoms. The maximum atomic E-state index is 5.74. The Morgan fingerprint density at radius 2 is 2.25 bits per heavy atom. The van der Waals surface area contributed by atoms with E-state index in [1.54, 1.807) is 17.5 Å². The molecule has 0 fully saturated rings. The molecule has 0 bridgehead atoms. The van der Waals surface area contributed by atoms with Crippen molar-refractivity contribution >= 4 is 39.6 Å². The van der Waals surface area contributed by atoms with Gasteiger partial charge in [0.1, 0.15) is 0 Å². The number of hydrogen-bond donors (Lipinski definition) is 1. The van der Waals surface area contributed by atoms with Crippen LogP contribution in [0.4, 0.5) is 5.69 Å². The molecule has 12 heavy (non-hydrogen) atoms. The zero-order valence-electron chi connectivity index (χ0n) is 6.57. The van der Waals surface area contributed by atoms with Crippen molar-refractivity contribution in [1.29, 1.82) is 0 Å². The summed E-state index contributed by atoms with van der Waals surface area (Å²) < 4.78 is 1.10. The smallest absolute Gasteiger partial charge is 0.0833 e. The number of hydrogen-bond acceptors (Lipinski definition) is 3. The first kappa shape index (κ1) is 9.29. The van der Waals surface area contributed by atoms with Crippen molar-refractivity contribution < 1.29 is 0 Å². The minimum absolute atomic E-state index is 0. The van der Waals surface area contributed by atoms with Crippen LogP contribution in [-0.2, 0) is 0 Å². The summed E-state index contributed by atoms with van der Waals surface area (Å²) in [5.41, 5.74) is 7.57. The fourth-order valence-corrected chi connectivity index (χ4v) is 1.97. The third-order valence-electron chi connectivity index (χ3n) is 1.57. The molecule has 0 spiro atoms. The molecule has 0 aliphatic heterocycles. The molecule has 0 atom stereocenters. The minimum Gasteiger partial charge on any atom is -0.397 e. The lowest BCUT2D eigenvalue weighted by Gasteiger charge is -1.91. The largest absolute Gasteiger partial charge is 0.397 e. The lowest BCUT2D eigenvalue weighted by Crippen LogP contribution is -1.83. The first-order valence-corrected chi connectivity index (χ1v) is 4.19. The van der Waals surface area contributed by atoms with Crippen LogP contribution in [0.25, 0.3) is 10.2 Å². The molecule has 2 nitrogen and oxygen atoms in total. The Labute approximate surface area is 80.8 Å². The second kappa shape index (κ2) is 3.29. The predicted molar refractivity (Wildman–Crippen MR) is 56.0 cm³/mol. The zero-order chi connectivity index (χ0) is 7.84. The van der Waals surface area contributed by atoms with Crippen molar-refractivity contribution in [2.24, 2.45) is 0 Å². The van der Waals surface area contributed by atoms with Crippen molar-refractivity contribution in [1.82, 2.24) is 4.98 Å². The second-order valence-corrected chi connectivity index (χ2v) is 3.73. The molecule has 0 aliphatic carbocycles. The van der Waals surface area contributed by atoms with Gasteiger partial charge in [0.15, 0.2) is 0 Å². The molecule has 0 aromatic carbocycles. The van der Waals surface area contributed by atoms with E-state index in [1.165, 1.54) is 4.88 Å². The number of halogens is 1. The van der Waals surface area contributed by atoms with Crippen LogP contribution in [0.1, 0.15) is 4.88 Å². The van der Waals surface area contributed by atoms with Gasteiger partial charge in [0.25, 0.3) is 0 Å². The summed E-state index contributed by atoms with van der Waals surface area (Å²) >= 11 is 1.69. The summed E-state index contributed by atoms with van der Waals surface area (Å²) in [7, 11) is 0. The van der Waals surface area contributed by atoms with Crippen molar-refractivity contribution in [3.8, 4) is 0 Å². The molecule has 2 heterocycles. The molecule has 0 aliphatic rings. The third-order valence-corrected chi connectivity index (χ3v) is 2.65. The average molecular weight is 201 g/mol. The highest BCUT2D eigenvalue weighted by atomic mass is 35.5. The number of aryl methyl sites for hydroxylation is 1. The number of nitrogen functional groups attached to an aromatic ring is 1. The highest BCUT2D eigenvalue weighted by Gasteiger charge is 2.00. The predicted octanol–water partition coefficient (Wildman–Crippen LogP) is 2.61. The van der Waals surface area contributed by atoms with E-state index in [9.17, 15) is 0 Å². The Kier molecular flexibility index (Phi) is 2.55. The molecule has 2 aromatic heterocycles. The van der Waals surface area contributed by atoms with E-state index in [2.05, 4.69) is 18.0 Å². The van der Waals surface area contributed by atoms with Gasteiger partial charge in [-0.05, 0) is 19.1 Å². The molecule has 2 rings (SSSR count). The van der Waals surface area contributed by atoms with Gasteiger partial charge in [0.2, 0.25) is 0 Å². The van der Waals surface area contributed by atoms with Crippen molar-refractivity contribution in [2.75, 3.05) is 5.73 Å².